The van der Waals surface area contributed by atoms with Crippen molar-refractivity contribution in [3.05, 3.63) is 35.7 Å². The van der Waals surface area contributed by atoms with E-state index in [-0.39, 0.29) is 10.8 Å². The van der Waals surface area contributed by atoms with Crippen molar-refractivity contribution in [1.29, 1.82) is 0 Å². The number of hydrogen-bond acceptors (Lipinski definition) is 5. The van der Waals surface area contributed by atoms with Crippen LogP contribution in [0.1, 0.15) is 24.1 Å². The maximum Gasteiger partial charge on any atom is 0.265 e. The number of rotatable bonds is 6. The first-order chi connectivity index (χ1) is 12.7. The van der Waals surface area contributed by atoms with Gasteiger partial charge >= 0.3 is 0 Å². The second-order valence-electron chi connectivity index (χ2n) is 6.92. The number of amides is 1. The van der Waals surface area contributed by atoms with Crippen LogP contribution in [0.15, 0.2) is 29.3 Å². The van der Waals surface area contributed by atoms with Crippen LogP contribution in [0.3, 0.4) is 0 Å². The molecule has 0 saturated carbocycles. The highest BCUT2D eigenvalue weighted by atomic mass is 32.2. The van der Waals surface area contributed by atoms with Crippen LogP contribution >= 0.6 is 0 Å². The number of nitrogens with one attached hydrogen (secondary N) is 2. The molecule has 1 aromatic heterocycles. The van der Waals surface area contributed by atoms with Crippen LogP contribution in [0.5, 0.6) is 0 Å². The zero-order valence-electron chi connectivity index (χ0n) is 15.8. The van der Waals surface area contributed by atoms with Crippen molar-refractivity contribution in [3.63, 3.8) is 0 Å². The minimum atomic E-state index is -3.72. The van der Waals surface area contributed by atoms with Gasteiger partial charge in [-0.15, -0.1) is 0 Å². The van der Waals surface area contributed by atoms with Crippen molar-refractivity contribution in [1.82, 2.24) is 14.7 Å². The molecular weight excluding hydrogens is 366 g/mol. The van der Waals surface area contributed by atoms with E-state index >= 15 is 0 Å². The molecule has 0 atom stereocenters. The molecule has 0 aliphatic carbocycles. The average molecular weight is 391 g/mol. The first kappa shape index (κ1) is 19.4. The summed E-state index contributed by atoms with van der Waals surface area (Å²) in [5, 5.41) is 6.97. The summed E-state index contributed by atoms with van der Waals surface area (Å²) in [5.41, 5.74) is 2.34. The fourth-order valence-corrected chi connectivity index (χ4v) is 4.52. The van der Waals surface area contributed by atoms with E-state index in [2.05, 4.69) is 20.0 Å². The number of carbonyl (C=O) groups excluding carboxylic acids is 1. The Morgan fingerprint density at radius 3 is 2.52 bits per heavy atom. The van der Waals surface area contributed by atoms with E-state index in [0.717, 1.165) is 31.5 Å². The van der Waals surface area contributed by atoms with Gasteiger partial charge in [0.25, 0.3) is 10.0 Å². The Balaban J connectivity index is 1.69. The smallest absolute Gasteiger partial charge is 0.265 e. The van der Waals surface area contributed by atoms with Crippen molar-refractivity contribution >= 4 is 27.3 Å². The van der Waals surface area contributed by atoms with E-state index in [9.17, 15) is 13.2 Å². The van der Waals surface area contributed by atoms with Crippen LogP contribution < -0.4 is 10.0 Å². The summed E-state index contributed by atoms with van der Waals surface area (Å²) in [5.74, 6) is -0.0562. The predicted octanol–water partition coefficient (Wildman–Crippen LogP) is 1.87. The molecule has 0 radical (unpaired) electrons. The van der Waals surface area contributed by atoms with Gasteiger partial charge in [-0.25, -0.2) is 8.42 Å². The van der Waals surface area contributed by atoms with Gasteiger partial charge in [-0.3, -0.25) is 19.1 Å². The molecule has 9 heteroatoms. The Morgan fingerprint density at radius 1 is 1.22 bits per heavy atom. The van der Waals surface area contributed by atoms with Gasteiger partial charge in [0.1, 0.15) is 4.90 Å². The van der Waals surface area contributed by atoms with Gasteiger partial charge in [-0.05, 0) is 63.5 Å². The molecule has 1 amide bonds. The second kappa shape index (κ2) is 7.69. The molecule has 27 heavy (non-hydrogen) atoms. The maximum atomic E-state index is 12.6. The lowest BCUT2D eigenvalue weighted by Crippen LogP contribution is -2.31. The summed E-state index contributed by atoms with van der Waals surface area (Å²) in [6.07, 6.45) is 3.74. The van der Waals surface area contributed by atoms with Gasteiger partial charge in [0.15, 0.2) is 0 Å². The summed E-state index contributed by atoms with van der Waals surface area (Å²) < 4.78 is 29.2. The zero-order valence-corrected chi connectivity index (χ0v) is 16.6. The lowest BCUT2D eigenvalue weighted by atomic mass is 10.2. The van der Waals surface area contributed by atoms with E-state index in [1.54, 1.807) is 32.2 Å². The molecule has 1 aromatic carbocycles. The second-order valence-corrected chi connectivity index (χ2v) is 8.57. The molecule has 1 aliphatic rings. The maximum absolute atomic E-state index is 12.6. The molecule has 2 heterocycles. The van der Waals surface area contributed by atoms with Crippen LogP contribution in [-0.4, -0.2) is 48.6 Å². The summed E-state index contributed by atoms with van der Waals surface area (Å²) in [6.45, 7) is 5.78. The van der Waals surface area contributed by atoms with Crippen LogP contribution in [0, 0.1) is 13.8 Å². The first-order valence-electron chi connectivity index (χ1n) is 8.90. The minimum absolute atomic E-state index is 0.0562. The lowest BCUT2D eigenvalue weighted by molar-refractivity contribution is -0.117. The molecule has 146 valence electrons. The fourth-order valence-electron chi connectivity index (χ4n) is 3.25. The molecule has 3 rings (SSSR count). The molecule has 2 aromatic rings. The number of likely N-dealkylation sites (tertiary alicyclic amines) is 1. The molecule has 1 aliphatic heterocycles. The van der Waals surface area contributed by atoms with E-state index in [1.807, 2.05) is 6.92 Å². The van der Waals surface area contributed by atoms with Crippen molar-refractivity contribution < 1.29 is 13.2 Å². The van der Waals surface area contributed by atoms with Crippen molar-refractivity contribution in [2.75, 3.05) is 29.7 Å². The molecule has 0 unspecified atom stereocenters. The molecular formula is C18H25N5O3S. The highest BCUT2D eigenvalue weighted by Gasteiger charge is 2.20. The Morgan fingerprint density at radius 2 is 1.93 bits per heavy atom. The van der Waals surface area contributed by atoms with Crippen molar-refractivity contribution in [2.24, 2.45) is 7.05 Å². The molecule has 1 fully saturated rings. The van der Waals surface area contributed by atoms with Gasteiger partial charge < -0.3 is 5.32 Å². The van der Waals surface area contributed by atoms with Gasteiger partial charge in [-0.2, -0.15) is 5.10 Å². The number of anilines is 2. The van der Waals surface area contributed by atoms with Gasteiger partial charge in [0.2, 0.25) is 5.91 Å². The monoisotopic (exact) mass is 391 g/mol. The lowest BCUT2D eigenvalue weighted by Gasteiger charge is -2.16. The summed E-state index contributed by atoms with van der Waals surface area (Å²) in [7, 11) is -2.04. The highest BCUT2D eigenvalue weighted by molar-refractivity contribution is 7.92. The number of carbonyl (C=O) groups is 1. The summed E-state index contributed by atoms with van der Waals surface area (Å²) >= 11 is 0. The third-order valence-electron chi connectivity index (χ3n) is 4.58. The molecule has 0 spiro atoms. The van der Waals surface area contributed by atoms with Crippen LogP contribution in [0.2, 0.25) is 0 Å². The SMILES string of the molecule is Cc1cc(NS(=O)(=O)c2cn(C)nc2C)ccc1NC(=O)CN1CCCC1. The van der Waals surface area contributed by atoms with Crippen molar-refractivity contribution in [3.8, 4) is 0 Å². The molecule has 8 nitrogen and oxygen atoms in total. The van der Waals surface area contributed by atoms with E-state index in [4.69, 9.17) is 0 Å². The number of sulfonamides is 1. The normalized spacial score (nSPS) is 15.1. The highest BCUT2D eigenvalue weighted by Crippen LogP contribution is 2.23. The Kier molecular flexibility index (Phi) is 5.52. The van der Waals surface area contributed by atoms with Crippen LogP contribution in [-0.2, 0) is 21.9 Å². The molecule has 0 bridgehead atoms. The Labute approximate surface area is 159 Å². The minimum Gasteiger partial charge on any atom is -0.325 e. The number of benzene rings is 1. The molecule has 2 N–H and O–H groups in total. The first-order valence-corrected chi connectivity index (χ1v) is 10.4. The summed E-state index contributed by atoms with van der Waals surface area (Å²) in [6, 6.07) is 5.06. The van der Waals surface area contributed by atoms with Gasteiger partial charge in [0, 0.05) is 24.6 Å². The Hall–Kier alpha value is -2.39. The Bertz CT molecular complexity index is 946. The van der Waals surface area contributed by atoms with Crippen molar-refractivity contribution in [2.45, 2.75) is 31.6 Å². The third kappa shape index (κ3) is 4.67. The number of nitrogens with zero attached hydrogens (tertiary/aromatic N) is 3. The largest absolute Gasteiger partial charge is 0.325 e. The fraction of sp³-hybridized carbons (Fsp3) is 0.444. The van der Waals surface area contributed by atoms with Crippen LogP contribution in [0.4, 0.5) is 11.4 Å². The summed E-state index contributed by atoms with van der Waals surface area (Å²) in [4.78, 5) is 14.5. The van der Waals surface area contributed by atoms with Gasteiger partial charge in [0.05, 0.1) is 12.2 Å². The quantitative estimate of drug-likeness (QED) is 0.784. The average Bonchev–Trinajstić information content (AvgIpc) is 3.19. The number of aryl methyl sites for hydroxylation is 3. The number of hydrogen-bond donors (Lipinski definition) is 2. The predicted molar refractivity (Wildman–Crippen MR) is 104 cm³/mol. The van der Waals surface area contributed by atoms with E-state index in [1.165, 1.54) is 10.9 Å². The molecule has 1 saturated heterocycles. The van der Waals surface area contributed by atoms with Crippen LogP contribution in [0.25, 0.3) is 0 Å². The third-order valence-corrected chi connectivity index (χ3v) is 6.06. The van der Waals surface area contributed by atoms with Gasteiger partial charge in [-0.1, -0.05) is 0 Å². The zero-order chi connectivity index (χ0) is 19.6. The topological polar surface area (TPSA) is 96.3 Å². The van der Waals surface area contributed by atoms with E-state index < -0.39 is 10.0 Å². The number of aromatic nitrogens is 2. The van der Waals surface area contributed by atoms with E-state index in [0.29, 0.717) is 23.6 Å². The standard InChI is InChI=1S/C18H25N5O3S/c1-13-10-15(21-27(25,26)17-11-22(3)20-14(17)2)6-7-16(13)19-18(24)12-23-8-4-5-9-23/h6-7,10-11,21H,4-5,8-9,12H2,1-3H3,(H,19,24).